The summed E-state index contributed by atoms with van der Waals surface area (Å²) < 4.78 is 33.4. The van der Waals surface area contributed by atoms with Crippen molar-refractivity contribution in [2.45, 2.75) is 25.9 Å². The van der Waals surface area contributed by atoms with E-state index in [1.54, 1.807) is 42.7 Å². The molecule has 0 bridgehead atoms. The van der Waals surface area contributed by atoms with Gasteiger partial charge in [-0.05, 0) is 24.3 Å². The number of ether oxygens (including phenoxy) is 6. The molecule has 34 heavy (non-hydrogen) atoms. The van der Waals surface area contributed by atoms with Crippen LogP contribution < -0.4 is 46.1 Å². The number of rotatable bonds is 8. The van der Waals surface area contributed by atoms with E-state index in [0.29, 0.717) is 34.5 Å². The van der Waals surface area contributed by atoms with Crippen molar-refractivity contribution in [3.8, 4) is 34.5 Å². The minimum Gasteiger partial charge on any atom is -1.00 e. The predicted octanol–water partition coefficient (Wildman–Crippen LogP) is 0.969. The maximum atomic E-state index is 13.4. The third-order valence-electron chi connectivity index (χ3n) is 6.40. The van der Waals surface area contributed by atoms with E-state index < -0.39 is 0 Å². The average molecular weight is 495 g/mol. The molecule has 4 unspecified atom stereocenters. The molecule has 0 saturated carbocycles. The normalized spacial score (nSPS) is 21.8. The Labute approximate surface area is 207 Å². The number of hydrogen-bond donors (Lipinski definition) is 1. The first-order valence-electron chi connectivity index (χ1n) is 10.8. The average Bonchev–Trinajstić information content (AvgIpc) is 2.85. The van der Waals surface area contributed by atoms with Crippen LogP contribution in [0.25, 0.3) is 0 Å². The second kappa shape index (κ2) is 11.5. The van der Waals surface area contributed by atoms with Gasteiger partial charge >= 0.3 is 0 Å². The van der Waals surface area contributed by atoms with E-state index in [2.05, 4.69) is 5.32 Å². The van der Waals surface area contributed by atoms with Gasteiger partial charge in [-0.25, -0.2) is 0 Å². The molecule has 1 aliphatic heterocycles. The summed E-state index contributed by atoms with van der Waals surface area (Å²) in [5, 5.41) is 3.67. The van der Waals surface area contributed by atoms with Crippen molar-refractivity contribution >= 4 is 5.78 Å². The first-order chi connectivity index (χ1) is 15.9. The van der Waals surface area contributed by atoms with Crippen molar-refractivity contribution in [1.82, 2.24) is 5.32 Å². The van der Waals surface area contributed by atoms with Crippen LogP contribution in [0.4, 0.5) is 0 Å². The van der Waals surface area contributed by atoms with E-state index >= 15 is 0 Å². The fourth-order valence-electron chi connectivity index (χ4n) is 4.68. The molecule has 2 aromatic carbocycles. The lowest BCUT2D eigenvalue weighted by atomic mass is 9.75. The van der Waals surface area contributed by atoms with Gasteiger partial charge in [0.1, 0.15) is 5.78 Å². The number of piperidine rings is 1. The summed E-state index contributed by atoms with van der Waals surface area (Å²) in [6.45, 7) is 3.85. The standard InChI is InChI=1S/C25H33NO7.ClH/c1-13-19(15-9-11-17(28-3)24(32-7)22(15)30-5)26-20(14(2)21(13)27)16-10-12-18(29-4)25(33-8)23(16)31-6;/h9-14,19-20,26H,1-8H3;1H/p-1. The lowest BCUT2D eigenvalue weighted by Gasteiger charge is -2.40. The van der Waals surface area contributed by atoms with E-state index in [1.165, 1.54) is 0 Å². The van der Waals surface area contributed by atoms with Gasteiger partial charge < -0.3 is 46.1 Å². The van der Waals surface area contributed by atoms with Gasteiger partial charge in [0.2, 0.25) is 11.5 Å². The van der Waals surface area contributed by atoms with E-state index in [9.17, 15) is 4.79 Å². The largest absolute Gasteiger partial charge is 1.00 e. The molecule has 1 heterocycles. The molecule has 0 amide bonds. The third kappa shape index (κ3) is 4.57. The van der Waals surface area contributed by atoms with Crippen LogP contribution >= 0.6 is 0 Å². The molecule has 9 heteroatoms. The summed E-state index contributed by atoms with van der Waals surface area (Å²) in [6, 6.07) is 6.79. The lowest BCUT2D eigenvalue weighted by molar-refractivity contribution is -0.130. The second-order valence-electron chi connectivity index (χ2n) is 7.95. The monoisotopic (exact) mass is 494 g/mol. The number of benzene rings is 2. The molecular formula is C25H33ClNO7-. The van der Waals surface area contributed by atoms with Gasteiger partial charge in [0.15, 0.2) is 23.0 Å². The van der Waals surface area contributed by atoms with Crippen molar-refractivity contribution < 1.29 is 45.6 Å². The Morgan fingerprint density at radius 1 is 0.588 bits per heavy atom. The van der Waals surface area contributed by atoms with Gasteiger partial charge in [-0.3, -0.25) is 4.79 Å². The SMILES string of the molecule is COc1ccc(C2NC(c3ccc(OC)c(OC)c3OC)C(C)C(=O)C2C)c(OC)c1OC.[Cl-]. The van der Waals surface area contributed by atoms with Crippen molar-refractivity contribution in [2.75, 3.05) is 42.7 Å². The van der Waals surface area contributed by atoms with Crippen LogP contribution in [0.2, 0.25) is 0 Å². The van der Waals surface area contributed by atoms with Crippen molar-refractivity contribution in [1.29, 1.82) is 0 Å². The van der Waals surface area contributed by atoms with Crippen molar-refractivity contribution in [2.24, 2.45) is 11.8 Å². The highest BCUT2D eigenvalue weighted by Crippen LogP contribution is 2.49. The van der Waals surface area contributed by atoms with Crippen LogP contribution in [0.5, 0.6) is 34.5 Å². The maximum Gasteiger partial charge on any atom is 0.203 e. The number of carbonyl (C=O) groups excluding carboxylic acids is 1. The van der Waals surface area contributed by atoms with Crippen LogP contribution in [0.3, 0.4) is 0 Å². The molecule has 188 valence electrons. The molecule has 0 aliphatic carbocycles. The fraction of sp³-hybridized carbons (Fsp3) is 0.480. The zero-order valence-corrected chi connectivity index (χ0v) is 21.6. The lowest BCUT2D eigenvalue weighted by Crippen LogP contribution is -3.00. The van der Waals surface area contributed by atoms with Gasteiger partial charge in [-0.15, -0.1) is 0 Å². The first kappa shape index (κ1) is 27.4. The second-order valence-corrected chi connectivity index (χ2v) is 7.95. The summed E-state index contributed by atoms with van der Waals surface area (Å²) >= 11 is 0. The molecule has 1 saturated heterocycles. The van der Waals surface area contributed by atoms with E-state index in [1.807, 2.05) is 38.1 Å². The van der Waals surface area contributed by atoms with Crippen LogP contribution in [-0.4, -0.2) is 48.4 Å². The molecule has 1 fully saturated rings. The van der Waals surface area contributed by atoms with Crippen molar-refractivity contribution in [3.05, 3.63) is 35.4 Å². The number of nitrogens with one attached hydrogen (secondary N) is 1. The molecule has 4 atom stereocenters. The minimum absolute atomic E-state index is 0. The Balaban J connectivity index is 0.00000408. The summed E-state index contributed by atoms with van der Waals surface area (Å²) in [4.78, 5) is 13.4. The van der Waals surface area contributed by atoms with Crippen molar-refractivity contribution in [3.63, 3.8) is 0 Å². The molecule has 1 aliphatic rings. The molecule has 0 aromatic heterocycles. The zero-order valence-electron chi connectivity index (χ0n) is 20.9. The van der Waals surface area contributed by atoms with Crippen LogP contribution in [0, 0.1) is 11.8 Å². The molecule has 3 rings (SSSR count). The third-order valence-corrected chi connectivity index (χ3v) is 6.40. The summed E-state index contributed by atoms with van der Waals surface area (Å²) in [7, 11) is 9.42. The quantitative estimate of drug-likeness (QED) is 0.581. The molecule has 0 spiro atoms. The molecule has 0 radical (unpaired) electrons. The Morgan fingerprint density at radius 3 is 1.24 bits per heavy atom. The number of hydrogen-bond acceptors (Lipinski definition) is 8. The van der Waals surface area contributed by atoms with Crippen LogP contribution in [0.15, 0.2) is 24.3 Å². The first-order valence-corrected chi connectivity index (χ1v) is 10.8. The van der Waals surface area contributed by atoms with Crippen LogP contribution in [-0.2, 0) is 4.79 Å². The number of Topliss-reactive ketones (excluding diaryl/α,β-unsaturated/α-hetero) is 1. The van der Waals surface area contributed by atoms with Crippen LogP contribution in [0.1, 0.15) is 37.1 Å². The summed E-state index contributed by atoms with van der Waals surface area (Å²) in [5.74, 6) is 2.68. The number of ketones is 1. The highest BCUT2D eigenvalue weighted by Gasteiger charge is 2.43. The zero-order chi connectivity index (χ0) is 24.3. The Kier molecular flexibility index (Phi) is 9.29. The molecule has 8 nitrogen and oxygen atoms in total. The van der Waals surface area contributed by atoms with E-state index in [4.69, 9.17) is 28.4 Å². The number of halogens is 1. The Morgan fingerprint density at radius 2 is 0.941 bits per heavy atom. The topological polar surface area (TPSA) is 84.5 Å². The maximum absolute atomic E-state index is 13.4. The van der Waals surface area contributed by atoms with Gasteiger partial charge in [-0.2, -0.15) is 0 Å². The predicted molar refractivity (Wildman–Crippen MR) is 124 cm³/mol. The van der Waals surface area contributed by atoms with Gasteiger partial charge in [0, 0.05) is 35.0 Å². The smallest absolute Gasteiger partial charge is 0.203 e. The Hall–Kier alpha value is -2.84. The summed E-state index contributed by atoms with van der Waals surface area (Å²) in [5.41, 5.74) is 1.62. The summed E-state index contributed by atoms with van der Waals surface area (Å²) in [6.07, 6.45) is 0. The van der Waals surface area contributed by atoms with Gasteiger partial charge in [0.05, 0.1) is 42.7 Å². The minimum atomic E-state index is -0.328. The molecular weight excluding hydrogens is 462 g/mol. The van der Waals surface area contributed by atoms with Gasteiger partial charge in [0.25, 0.3) is 0 Å². The van der Waals surface area contributed by atoms with Gasteiger partial charge in [-0.1, -0.05) is 13.8 Å². The molecule has 2 aromatic rings. The van der Waals surface area contributed by atoms with E-state index in [0.717, 1.165) is 11.1 Å². The Bertz CT molecular complexity index is 936. The number of carbonyl (C=O) groups is 1. The highest BCUT2D eigenvalue weighted by molar-refractivity contribution is 5.86. The van der Waals surface area contributed by atoms with E-state index in [-0.39, 0.29) is 42.1 Å². The molecule has 1 N–H and O–H groups in total. The number of methoxy groups -OCH3 is 6. The fourth-order valence-corrected chi connectivity index (χ4v) is 4.68. The highest BCUT2D eigenvalue weighted by atomic mass is 35.5.